The lowest BCUT2D eigenvalue weighted by atomic mass is 9.97. The van der Waals surface area contributed by atoms with Gasteiger partial charge < -0.3 is 16.0 Å². The molecule has 0 aliphatic carbocycles. The first-order valence-electron chi connectivity index (χ1n) is 51.3. The van der Waals surface area contributed by atoms with Crippen molar-refractivity contribution in [1.29, 1.82) is 0 Å². The van der Waals surface area contributed by atoms with E-state index in [1.165, 1.54) is 44.6 Å². The molecule has 8 aromatic rings. The summed E-state index contributed by atoms with van der Waals surface area (Å²) in [7, 11) is 0. The Labute approximate surface area is 845 Å². The predicted octanol–water partition coefficient (Wildman–Crippen LogP) is 35.2. The second kappa shape index (κ2) is 87.5. The minimum atomic E-state index is 0. The van der Waals surface area contributed by atoms with Crippen LogP contribution in [0.1, 0.15) is 461 Å². The summed E-state index contributed by atoms with van der Waals surface area (Å²) in [6, 6.07) is 14.3. The lowest BCUT2D eigenvalue weighted by Crippen LogP contribution is -2.08. The molecule has 0 bridgehead atoms. The van der Waals surface area contributed by atoms with Crippen LogP contribution in [-0.4, -0.2) is 80.7 Å². The lowest BCUT2D eigenvalue weighted by Gasteiger charge is -2.13. The maximum absolute atomic E-state index is 4.57. The highest BCUT2D eigenvalue weighted by Crippen LogP contribution is 2.25. The SMILES string of the molecule is C.C=C(Cc1cc(C(C)C)cnn1)C(C)C.C=C(Cc1cc(C(C)C)ncn1)C(C)C.C=C(Cc1cncc(C(C)C)n1)C(C)C.C=C(Cc1cnnc(C(C)C)c1)C(C)C.C=C(Cc1nccc(C(C)C)n1)C(C)C.C=C(Nc1cc(C(C)C)cnn1)C(C)C.C=C(Nc1cnnc(C(C)C)c1)C(C)C.C=C(Nc1nccc(C(C)C)n1)C(C)C.CC.CC.CC.CC.CC.CC.CC.CC. The van der Waals surface area contributed by atoms with E-state index in [0.29, 0.717) is 101 Å². The van der Waals surface area contributed by atoms with E-state index in [2.05, 4.69) is 389 Å². The average Bonchev–Trinajstić information content (AvgIpc) is 0.921. The summed E-state index contributed by atoms with van der Waals surface area (Å²) in [5.41, 5.74) is 23.1. The van der Waals surface area contributed by atoms with E-state index in [4.69, 9.17) is 0 Å². The molecule has 3 N–H and O–H groups in total. The maximum atomic E-state index is 4.57. The average molecular weight is 1890 g/mol. The molecule has 137 heavy (non-hydrogen) atoms. The van der Waals surface area contributed by atoms with Crippen LogP contribution in [0.3, 0.4) is 0 Å². The fraction of sp³-hybridized carbons (Fsp3) is 0.593. The van der Waals surface area contributed by atoms with Crippen LogP contribution in [0.2, 0.25) is 0 Å². The number of aromatic nitrogens is 16. The Kier molecular flexibility index (Phi) is 92.4. The molecule has 0 saturated heterocycles. The van der Waals surface area contributed by atoms with Gasteiger partial charge in [0, 0.05) is 90.3 Å². The van der Waals surface area contributed by atoms with Gasteiger partial charge in [-0.2, -0.15) is 35.7 Å². The summed E-state index contributed by atoms with van der Waals surface area (Å²) in [5.74, 6) is 9.63. The molecule has 8 heterocycles. The van der Waals surface area contributed by atoms with Gasteiger partial charge >= 0.3 is 0 Å². The third-order valence-corrected chi connectivity index (χ3v) is 19.6. The zero-order chi connectivity index (χ0) is 107. The molecule has 0 atom stereocenters. The van der Waals surface area contributed by atoms with Crippen LogP contribution in [-0.2, 0) is 32.1 Å². The summed E-state index contributed by atoms with van der Waals surface area (Å²) in [4.78, 5) is 34.7. The van der Waals surface area contributed by atoms with Crippen molar-refractivity contribution >= 4 is 17.5 Å². The summed E-state index contributed by atoms with van der Waals surface area (Å²) in [5, 5.41) is 41.8. The number of hydrogen-bond acceptors (Lipinski definition) is 19. The van der Waals surface area contributed by atoms with Crippen LogP contribution in [0, 0.1) is 47.3 Å². The molecule has 19 nitrogen and oxygen atoms in total. The Morgan fingerprint density at radius 1 is 0.270 bits per heavy atom. The predicted molar refractivity (Wildman–Crippen MR) is 608 cm³/mol. The molecule has 776 valence electrons. The molecule has 0 unspecified atom stereocenters. The van der Waals surface area contributed by atoms with Crippen molar-refractivity contribution < 1.29 is 0 Å². The molecule has 0 spiro atoms. The quantitative estimate of drug-likeness (QED) is 0.0332. The van der Waals surface area contributed by atoms with Crippen LogP contribution < -0.4 is 16.0 Å². The first-order chi connectivity index (χ1) is 64.0. The van der Waals surface area contributed by atoms with Gasteiger partial charge in [0.1, 0.15) is 12.2 Å². The van der Waals surface area contributed by atoms with E-state index < -0.39 is 0 Å². The fourth-order valence-corrected chi connectivity index (χ4v) is 9.43. The van der Waals surface area contributed by atoms with Gasteiger partial charge in [-0.25, -0.2) is 29.9 Å². The van der Waals surface area contributed by atoms with Crippen LogP contribution in [0.4, 0.5) is 17.5 Å². The monoisotopic (exact) mass is 1890 g/mol. The van der Waals surface area contributed by atoms with Crippen molar-refractivity contribution in [2.24, 2.45) is 47.3 Å². The van der Waals surface area contributed by atoms with Gasteiger partial charge in [-0.05, 0) is 160 Å². The summed E-state index contributed by atoms with van der Waals surface area (Å²) >= 11 is 0. The van der Waals surface area contributed by atoms with Crippen molar-refractivity contribution in [3.8, 4) is 0 Å². The van der Waals surface area contributed by atoms with E-state index in [9.17, 15) is 0 Å². The standard InChI is InChI=1S/5C13H20N2.3C12H19N3.8C2H6.CH4/c1-9(2)11(5)6-13-7-12(10(3)4)8-14-15-13;1-9(2)11(5)6-12-7-14-8-13(15-12)10(3)4;1-9(2)11(5)6-12-7-13(10(3)4)15-8-14-12;1-9(2)11(5)6-12-7-13(10(3)4)15-14-8-12;1-9(2)11(5)8-13-14-7-6-12(15-13)10(3)4;1-8(2)10(5)14-11-6-12(9(3)4)15-13-7-11;1-8(2)10(5)14-12-6-11(9(3)4)7-13-15-12;1-8(2)10(5)14-12-13-7-6-11(15-12)9(3)4;8*1-2;/h4*7-10H,5-6H2,1-4H3;6-7,9-10H,5,8H2,1-4H3;2*6-9H,5H2,1-4H3,(H,14,15);6-9H,5H2,1-4H3,(H,13,14,15);8*1-2H3;1H4. The number of nitrogens with zero attached hydrogens (tertiary/aromatic N) is 16. The number of nitrogens with one attached hydrogen (secondary N) is 3. The van der Waals surface area contributed by atoms with Gasteiger partial charge in [-0.1, -0.05) is 420 Å². The van der Waals surface area contributed by atoms with E-state index in [1.54, 1.807) is 24.9 Å². The molecular formula is C118H209N19. The maximum Gasteiger partial charge on any atom is 0.227 e. The lowest BCUT2D eigenvalue weighted by molar-refractivity contribution is 0.719. The van der Waals surface area contributed by atoms with Crippen molar-refractivity contribution in [3.05, 3.63) is 270 Å². The van der Waals surface area contributed by atoms with Crippen LogP contribution in [0.25, 0.3) is 0 Å². The number of hydrogen-bond donors (Lipinski definition) is 3. The van der Waals surface area contributed by atoms with Crippen molar-refractivity contribution in [3.63, 3.8) is 0 Å². The minimum absolute atomic E-state index is 0. The van der Waals surface area contributed by atoms with Gasteiger partial charge in [0.2, 0.25) is 5.95 Å². The molecule has 0 amide bonds. The highest BCUT2D eigenvalue weighted by molar-refractivity contribution is 5.47. The van der Waals surface area contributed by atoms with E-state index >= 15 is 0 Å². The summed E-state index contributed by atoms with van der Waals surface area (Å²) in [6.07, 6.45) is 20.4. The smallest absolute Gasteiger partial charge is 0.227 e. The van der Waals surface area contributed by atoms with E-state index in [1.807, 2.05) is 166 Å². The number of rotatable bonds is 32. The molecule has 19 heteroatoms. The van der Waals surface area contributed by atoms with Gasteiger partial charge in [-0.3, -0.25) is 9.97 Å². The fourth-order valence-electron chi connectivity index (χ4n) is 9.43. The third kappa shape index (κ3) is 70.3. The molecule has 0 saturated carbocycles. The molecular weight excluding hydrogens is 1680 g/mol. The van der Waals surface area contributed by atoms with Gasteiger partial charge in [-0.15, -0.1) is 5.10 Å². The summed E-state index contributed by atoms with van der Waals surface area (Å²) in [6.45, 7) is 132. The Balaban J connectivity index is -0.000000191. The Hall–Kier alpha value is -10.0. The minimum Gasteiger partial charge on any atom is -0.358 e. The highest BCUT2D eigenvalue weighted by Gasteiger charge is 2.15. The molecule has 0 radical (unpaired) electrons. The highest BCUT2D eigenvalue weighted by atomic mass is 15.2. The second-order valence-electron chi connectivity index (χ2n) is 35.9. The normalized spacial score (nSPS) is 9.96. The van der Waals surface area contributed by atoms with Gasteiger partial charge in [0.15, 0.2) is 5.82 Å². The van der Waals surface area contributed by atoms with Gasteiger partial charge in [0.25, 0.3) is 0 Å². The molecule has 0 aromatic carbocycles. The first kappa shape index (κ1) is 145. The van der Waals surface area contributed by atoms with Crippen LogP contribution >= 0.6 is 0 Å². The molecule has 8 aromatic heterocycles. The number of allylic oxidation sites excluding steroid dienone is 8. The molecule has 8 rings (SSSR count). The topological polar surface area (TPSA) is 242 Å². The molecule has 0 fully saturated rings. The van der Waals surface area contributed by atoms with Crippen LogP contribution in [0.15, 0.2) is 196 Å². The molecule has 0 aliphatic heterocycles. The first-order valence-corrected chi connectivity index (χ1v) is 51.3. The van der Waals surface area contributed by atoms with Crippen molar-refractivity contribution in [2.45, 2.75) is 419 Å². The Morgan fingerprint density at radius 2 is 0.635 bits per heavy atom. The summed E-state index contributed by atoms with van der Waals surface area (Å²) < 4.78 is 0. The molecule has 0 aliphatic rings. The number of anilines is 3. The zero-order valence-electron chi connectivity index (χ0n) is 96.3. The van der Waals surface area contributed by atoms with Gasteiger partial charge in [0.05, 0.1) is 58.9 Å². The third-order valence-electron chi connectivity index (χ3n) is 19.6. The van der Waals surface area contributed by atoms with Crippen molar-refractivity contribution in [2.75, 3.05) is 16.0 Å². The van der Waals surface area contributed by atoms with Crippen molar-refractivity contribution in [1.82, 2.24) is 80.7 Å². The van der Waals surface area contributed by atoms with E-state index in [-0.39, 0.29) is 7.43 Å². The van der Waals surface area contributed by atoms with Crippen LogP contribution in [0.5, 0.6) is 0 Å². The van der Waals surface area contributed by atoms with E-state index in [0.717, 1.165) is 118 Å². The second-order valence-corrected chi connectivity index (χ2v) is 35.9. The zero-order valence-corrected chi connectivity index (χ0v) is 96.3. The largest absolute Gasteiger partial charge is 0.358 e. The Bertz CT molecular complexity index is 3570. The Morgan fingerprint density at radius 3 is 1.07 bits per heavy atom.